The van der Waals surface area contributed by atoms with Gasteiger partial charge in [-0.1, -0.05) is 48.5 Å². The second-order valence-corrected chi connectivity index (χ2v) is 5.97. The Morgan fingerprint density at radius 1 is 0.769 bits per heavy atom. The van der Waals surface area contributed by atoms with Crippen molar-refractivity contribution in [3.05, 3.63) is 59.7 Å². The molecule has 0 bridgehead atoms. The van der Waals surface area contributed by atoms with E-state index in [0.717, 1.165) is 6.42 Å². The molecule has 1 aliphatic rings. The van der Waals surface area contributed by atoms with Crippen LogP contribution in [0.25, 0.3) is 11.1 Å². The van der Waals surface area contributed by atoms with Gasteiger partial charge < -0.3 is 20.4 Å². The molecule has 0 amide bonds. The van der Waals surface area contributed by atoms with Gasteiger partial charge in [0.1, 0.15) is 0 Å². The minimum Gasteiger partial charge on any atom is -0.481 e. The number of hydrogen-bond donors (Lipinski definition) is 4. The minimum atomic E-state index is -2.74. The molecule has 0 aromatic heterocycles. The van der Waals surface area contributed by atoms with Gasteiger partial charge >= 0.3 is 17.9 Å². The molecule has 7 heteroatoms. The van der Waals surface area contributed by atoms with Crippen molar-refractivity contribution >= 4 is 17.9 Å². The van der Waals surface area contributed by atoms with Crippen molar-refractivity contribution in [3.63, 3.8) is 0 Å². The molecule has 0 aliphatic heterocycles. The first-order chi connectivity index (χ1) is 12.2. The van der Waals surface area contributed by atoms with E-state index in [1.54, 1.807) is 0 Å². The highest BCUT2D eigenvalue weighted by Crippen LogP contribution is 2.35. The summed E-state index contributed by atoms with van der Waals surface area (Å²) in [6.07, 6.45) is -1.18. The second kappa shape index (κ2) is 7.79. The van der Waals surface area contributed by atoms with Crippen LogP contribution in [-0.2, 0) is 20.8 Å². The highest BCUT2D eigenvalue weighted by atomic mass is 16.4. The van der Waals surface area contributed by atoms with E-state index in [2.05, 4.69) is 48.5 Å². The number of rotatable bonds is 5. The van der Waals surface area contributed by atoms with Crippen LogP contribution >= 0.6 is 0 Å². The molecule has 0 heterocycles. The first-order valence-corrected chi connectivity index (χ1v) is 7.78. The van der Waals surface area contributed by atoms with Crippen LogP contribution in [-0.4, -0.2) is 43.9 Å². The van der Waals surface area contributed by atoms with E-state index in [1.807, 2.05) is 0 Å². The summed E-state index contributed by atoms with van der Waals surface area (Å²) in [6, 6.07) is 17.3. The minimum absolute atomic E-state index is 1.10. The molecule has 2 aromatic rings. The summed E-state index contributed by atoms with van der Waals surface area (Å²) in [7, 11) is 0. The fourth-order valence-electron chi connectivity index (χ4n) is 2.79. The van der Waals surface area contributed by atoms with Gasteiger partial charge in [-0.2, -0.15) is 0 Å². The summed E-state index contributed by atoms with van der Waals surface area (Å²) < 4.78 is 0. The van der Waals surface area contributed by atoms with E-state index in [4.69, 9.17) is 20.4 Å². The van der Waals surface area contributed by atoms with Crippen molar-refractivity contribution in [3.8, 4) is 11.1 Å². The quantitative estimate of drug-likeness (QED) is 0.548. The van der Waals surface area contributed by atoms with E-state index in [9.17, 15) is 14.4 Å². The lowest BCUT2D eigenvalue weighted by molar-refractivity contribution is -0.170. The van der Waals surface area contributed by atoms with E-state index in [-0.39, 0.29) is 0 Å². The van der Waals surface area contributed by atoms with Gasteiger partial charge in [0, 0.05) is 0 Å². The third-order valence-electron chi connectivity index (χ3n) is 3.99. The van der Waals surface area contributed by atoms with E-state index < -0.39 is 36.4 Å². The molecule has 26 heavy (non-hydrogen) atoms. The number of aliphatic hydroxyl groups is 1. The Balaban J connectivity index is 0.000000187. The van der Waals surface area contributed by atoms with E-state index in [0.29, 0.717) is 0 Å². The molecular formula is C19H18O7. The molecule has 2 aromatic carbocycles. The van der Waals surface area contributed by atoms with Crippen molar-refractivity contribution in [2.24, 2.45) is 0 Å². The highest BCUT2D eigenvalue weighted by molar-refractivity contribution is 5.88. The molecule has 0 atom stereocenters. The van der Waals surface area contributed by atoms with Gasteiger partial charge in [0.2, 0.25) is 0 Å². The Bertz CT molecular complexity index is 782. The average molecular weight is 358 g/mol. The standard InChI is InChI=1S/C13H10.C6H8O7/c1-3-7-12-10(5-1)9-11-6-2-4-8-13(11)12;7-3(8)1-6(13,5(11)12)2-4(9)10/h1-8H,9H2;13H,1-2H2,(H,7,8)(H,9,10)(H,11,12). The van der Waals surface area contributed by atoms with E-state index >= 15 is 0 Å². The third-order valence-corrected chi connectivity index (χ3v) is 3.99. The van der Waals surface area contributed by atoms with Gasteiger partial charge in [0.05, 0.1) is 12.8 Å². The Morgan fingerprint density at radius 3 is 1.50 bits per heavy atom. The van der Waals surface area contributed by atoms with Crippen molar-refractivity contribution < 1.29 is 34.8 Å². The summed E-state index contributed by atoms with van der Waals surface area (Å²) in [5.74, 6) is -5.02. The summed E-state index contributed by atoms with van der Waals surface area (Å²) in [5, 5.41) is 33.8. The number of aliphatic carboxylic acids is 3. The zero-order valence-electron chi connectivity index (χ0n) is 13.8. The molecule has 136 valence electrons. The Morgan fingerprint density at radius 2 is 1.15 bits per heavy atom. The topological polar surface area (TPSA) is 132 Å². The maximum atomic E-state index is 10.3. The van der Waals surface area contributed by atoms with Gasteiger partial charge in [0.25, 0.3) is 0 Å². The lowest BCUT2D eigenvalue weighted by Crippen LogP contribution is -2.42. The zero-order chi connectivity index (χ0) is 19.3. The molecule has 0 saturated carbocycles. The number of carboxylic acids is 3. The molecule has 3 rings (SSSR count). The maximum Gasteiger partial charge on any atom is 0.336 e. The predicted octanol–water partition coefficient (Wildman–Crippen LogP) is 2.01. The largest absolute Gasteiger partial charge is 0.481 e. The lowest BCUT2D eigenvalue weighted by Gasteiger charge is -2.18. The molecular weight excluding hydrogens is 340 g/mol. The van der Waals surface area contributed by atoms with Crippen LogP contribution in [0.15, 0.2) is 48.5 Å². The normalized spacial score (nSPS) is 11.6. The predicted molar refractivity (Wildman–Crippen MR) is 91.8 cm³/mol. The molecule has 7 nitrogen and oxygen atoms in total. The van der Waals surface area contributed by atoms with Crippen LogP contribution in [0, 0.1) is 0 Å². The first kappa shape index (κ1) is 19.1. The molecule has 1 aliphatic carbocycles. The number of hydrogen-bond acceptors (Lipinski definition) is 4. The molecule has 0 radical (unpaired) electrons. The summed E-state index contributed by atoms with van der Waals surface area (Å²) in [4.78, 5) is 30.5. The van der Waals surface area contributed by atoms with Crippen molar-refractivity contribution in [2.75, 3.05) is 0 Å². The molecule has 0 spiro atoms. The van der Waals surface area contributed by atoms with Crippen molar-refractivity contribution in [1.82, 2.24) is 0 Å². The number of carboxylic acid groups (broad SMARTS) is 3. The fraction of sp³-hybridized carbons (Fsp3) is 0.211. The maximum absolute atomic E-state index is 10.3. The molecule has 0 fully saturated rings. The number of carbonyl (C=O) groups is 3. The summed E-state index contributed by atoms with van der Waals surface area (Å²) in [6.45, 7) is 0. The first-order valence-electron chi connectivity index (χ1n) is 7.78. The zero-order valence-corrected chi connectivity index (χ0v) is 13.8. The smallest absolute Gasteiger partial charge is 0.336 e. The van der Waals surface area contributed by atoms with Crippen LogP contribution in [0.1, 0.15) is 24.0 Å². The number of benzene rings is 2. The van der Waals surface area contributed by atoms with Crippen LogP contribution < -0.4 is 0 Å². The Labute approximate surface area is 149 Å². The van der Waals surface area contributed by atoms with Gasteiger partial charge in [-0.15, -0.1) is 0 Å². The molecule has 0 unspecified atom stereocenters. The van der Waals surface area contributed by atoms with Crippen LogP contribution in [0.3, 0.4) is 0 Å². The van der Waals surface area contributed by atoms with Gasteiger partial charge in [0.15, 0.2) is 5.60 Å². The van der Waals surface area contributed by atoms with Crippen molar-refractivity contribution in [2.45, 2.75) is 24.9 Å². The highest BCUT2D eigenvalue weighted by Gasteiger charge is 2.40. The van der Waals surface area contributed by atoms with Crippen LogP contribution in [0.4, 0.5) is 0 Å². The van der Waals surface area contributed by atoms with Gasteiger partial charge in [-0.3, -0.25) is 9.59 Å². The summed E-state index contributed by atoms with van der Waals surface area (Å²) >= 11 is 0. The van der Waals surface area contributed by atoms with Crippen molar-refractivity contribution in [1.29, 1.82) is 0 Å². The average Bonchev–Trinajstić information content (AvgIpc) is 2.92. The Hall–Kier alpha value is -3.19. The van der Waals surface area contributed by atoms with E-state index in [1.165, 1.54) is 22.3 Å². The lowest BCUT2D eigenvalue weighted by atomic mass is 9.96. The van der Waals surface area contributed by atoms with Gasteiger partial charge in [-0.25, -0.2) is 4.79 Å². The van der Waals surface area contributed by atoms with Crippen LogP contribution in [0.5, 0.6) is 0 Å². The monoisotopic (exact) mass is 358 g/mol. The SMILES string of the molecule is O=C(O)CC(O)(CC(=O)O)C(=O)O.c1ccc2c(c1)Cc1ccccc1-2. The van der Waals surface area contributed by atoms with Gasteiger partial charge in [-0.05, 0) is 28.7 Å². The molecule has 4 N–H and O–H groups in total. The second-order valence-electron chi connectivity index (χ2n) is 5.97. The fourth-order valence-corrected chi connectivity index (χ4v) is 2.79. The number of fused-ring (bicyclic) bond motifs is 3. The summed E-state index contributed by atoms with van der Waals surface area (Å²) in [5.41, 5.74) is 3.01. The van der Waals surface area contributed by atoms with Crippen LogP contribution in [0.2, 0.25) is 0 Å². The third kappa shape index (κ3) is 4.46. The molecule has 0 saturated heterocycles. The Kier molecular flexibility index (Phi) is 5.74.